The second kappa shape index (κ2) is 3.57. The minimum Gasteiger partial charge on any atom is -0.277 e. The predicted molar refractivity (Wildman–Crippen MR) is 47.2 cm³/mol. The van der Waals surface area contributed by atoms with Gasteiger partial charge in [-0.3, -0.25) is 14.3 Å². The SMILES string of the molecule is CONC(=O)c1c(C)nn(C)c1C. The number of hydrogen-bond donors (Lipinski definition) is 1. The first kappa shape index (κ1) is 9.73. The highest BCUT2D eigenvalue weighted by Crippen LogP contribution is 2.10. The first-order valence-corrected chi connectivity index (χ1v) is 3.91. The number of hydrogen-bond acceptors (Lipinski definition) is 3. The van der Waals surface area contributed by atoms with Crippen molar-refractivity contribution < 1.29 is 9.63 Å². The molecule has 5 heteroatoms. The van der Waals surface area contributed by atoms with Gasteiger partial charge in [0.25, 0.3) is 5.91 Å². The van der Waals surface area contributed by atoms with Crippen molar-refractivity contribution in [3.05, 3.63) is 17.0 Å². The third-order valence-electron chi connectivity index (χ3n) is 1.93. The Morgan fingerprint density at radius 2 is 2.15 bits per heavy atom. The predicted octanol–water partition coefficient (Wildman–Crippen LogP) is 0.328. The van der Waals surface area contributed by atoms with Crippen LogP contribution in [0.3, 0.4) is 0 Å². The Balaban J connectivity index is 3.06. The van der Waals surface area contributed by atoms with Gasteiger partial charge in [-0.1, -0.05) is 0 Å². The monoisotopic (exact) mass is 183 g/mol. The maximum Gasteiger partial charge on any atom is 0.278 e. The van der Waals surface area contributed by atoms with Crippen LogP contribution in [0.4, 0.5) is 0 Å². The molecule has 0 unspecified atom stereocenters. The summed E-state index contributed by atoms with van der Waals surface area (Å²) in [6, 6.07) is 0. The number of aryl methyl sites for hydroxylation is 2. The average molecular weight is 183 g/mol. The maximum absolute atomic E-state index is 11.4. The number of nitrogens with one attached hydrogen (secondary N) is 1. The fourth-order valence-corrected chi connectivity index (χ4v) is 1.25. The molecule has 0 aliphatic rings. The highest BCUT2D eigenvalue weighted by Gasteiger charge is 2.16. The summed E-state index contributed by atoms with van der Waals surface area (Å²) in [4.78, 5) is 16.0. The quantitative estimate of drug-likeness (QED) is 0.672. The van der Waals surface area contributed by atoms with Gasteiger partial charge in [0.2, 0.25) is 0 Å². The molecule has 1 rings (SSSR count). The molecule has 1 heterocycles. The summed E-state index contributed by atoms with van der Waals surface area (Å²) in [6.45, 7) is 3.63. The van der Waals surface area contributed by atoms with Gasteiger partial charge in [0.15, 0.2) is 0 Å². The largest absolute Gasteiger partial charge is 0.278 e. The van der Waals surface area contributed by atoms with E-state index >= 15 is 0 Å². The van der Waals surface area contributed by atoms with E-state index in [1.165, 1.54) is 7.11 Å². The van der Waals surface area contributed by atoms with Gasteiger partial charge in [0, 0.05) is 12.7 Å². The molecule has 0 atom stereocenters. The van der Waals surface area contributed by atoms with E-state index in [-0.39, 0.29) is 5.91 Å². The van der Waals surface area contributed by atoms with Crippen molar-refractivity contribution in [2.45, 2.75) is 13.8 Å². The molecule has 0 fully saturated rings. The molecule has 0 aliphatic carbocycles. The molecule has 1 aromatic rings. The van der Waals surface area contributed by atoms with Crippen molar-refractivity contribution in [1.29, 1.82) is 0 Å². The summed E-state index contributed by atoms with van der Waals surface area (Å²) in [6.07, 6.45) is 0. The summed E-state index contributed by atoms with van der Waals surface area (Å²) in [5.41, 5.74) is 4.37. The lowest BCUT2D eigenvalue weighted by atomic mass is 10.2. The molecule has 0 radical (unpaired) electrons. The van der Waals surface area contributed by atoms with Crippen LogP contribution in [0.25, 0.3) is 0 Å². The van der Waals surface area contributed by atoms with Crippen molar-refractivity contribution in [1.82, 2.24) is 15.3 Å². The van der Waals surface area contributed by atoms with E-state index in [4.69, 9.17) is 0 Å². The van der Waals surface area contributed by atoms with Crippen LogP contribution in [0.1, 0.15) is 21.7 Å². The number of rotatable bonds is 2. The molecule has 13 heavy (non-hydrogen) atoms. The molecule has 5 nitrogen and oxygen atoms in total. The molecule has 1 amide bonds. The lowest BCUT2D eigenvalue weighted by Gasteiger charge is -2.01. The summed E-state index contributed by atoms with van der Waals surface area (Å²) >= 11 is 0. The molecule has 0 aromatic carbocycles. The van der Waals surface area contributed by atoms with Gasteiger partial charge in [-0.05, 0) is 13.8 Å². The standard InChI is InChI=1S/C8H13N3O2/c1-5-7(8(12)10-13-4)6(2)11(3)9-5/h1-4H3,(H,10,12). The molecule has 0 saturated carbocycles. The Kier molecular flexibility index (Phi) is 2.67. The Labute approximate surface area is 76.6 Å². The Morgan fingerprint density at radius 1 is 1.54 bits per heavy atom. The van der Waals surface area contributed by atoms with E-state index in [1.807, 2.05) is 6.92 Å². The number of aromatic nitrogens is 2. The van der Waals surface area contributed by atoms with Crippen molar-refractivity contribution in [3.8, 4) is 0 Å². The van der Waals surface area contributed by atoms with Crippen LogP contribution < -0.4 is 5.48 Å². The molecule has 0 bridgehead atoms. The van der Waals surface area contributed by atoms with Gasteiger partial charge in [-0.25, -0.2) is 5.48 Å². The van der Waals surface area contributed by atoms with Crippen LogP contribution in [-0.4, -0.2) is 22.8 Å². The van der Waals surface area contributed by atoms with E-state index in [9.17, 15) is 4.79 Å². The smallest absolute Gasteiger partial charge is 0.277 e. The van der Waals surface area contributed by atoms with Gasteiger partial charge in [-0.15, -0.1) is 0 Å². The summed E-state index contributed by atoms with van der Waals surface area (Å²) < 4.78 is 1.67. The third-order valence-corrected chi connectivity index (χ3v) is 1.93. The second-order valence-corrected chi connectivity index (χ2v) is 2.80. The zero-order valence-electron chi connectivity index (χ0n) is 8.21. The van der Waals surface area contributed by atoms with Gasteiger partial charge in [0.1, 0.15) is 0 Å². The van der Waals surface area contributed by atoms with E-state index in [1.54, 1.807) is 18.7 Å². The van der Waals surface area contributed by atoms with Gasteiger partial charge >= 0.3 is 0 Å². The van der Waals surface area contributed by atoms with Crippen LogP contribution >= 0.6 is 0 Å². The minimum atomic E-state index is -0.259. The molecule has 72 valence electrons. The molecule has 0 saturated heterocycles. The van der Waals surface area contributed by atoms with Crippen LogP contribution in [0.5, 0.6) is 0 Å². The van der Waals surface area contributed by atoms with E-state index < -0.39 is 0 Å². The molecule has 0 aliphatic heterocycles. The molecular formula is C8H13N3O2. The van der Waals surface area contributed by atoms with Gasteiger partial charge < -0.3 is 0 Å². The normalized spacial score (nSPS) is 10.2. The number of nitrogens with zero attached hydrogens (tertiary/aromatic N) is 2. The van der Waals surface area contributed by atoms with Crippen molar-refractivity contribution in [2.24, 2.45) is 7.05 Å². The van der Waals surface area contributed by atoms with Crippen LogP contribution in [0.2, 0.25) is 0 Å². The summed E-state index contributed by atoms with van der Waals surface area (Å²) in [7, 11) is 3.20. The Hall–Kier alpha value is -1.36. The first-order chi connectivity index (χ1) is 6.07. The molecule has 1 aromatic heterocycles. The minimum absolute atomic E-state index is 0.259. The topological polar surface area (TPSA) is 56.1 Å². The lowest BCUT2D eigenvalue weighted by molar-refractivity contribution is 0.0536. The number of hydroxylamine groups is 1. The van der Waals surface area contributed by atoms with E-state index in [0.29, 0.717) is 11.3 Å². The molecule has 0 spiro atoms. The van der Waals surface area contributed by atoms with Crippen molar-refractivity contribution in [2.75, 3.05) is 7.11 Å². The first-order valence-electron chi connectivity index (χ1n) is 3.91. The van der Waals surface area contributed by atoms with E-state index in [2.05, 4.69) is 15.4 Å². The molecular weight excluding hydrogens is 170 g/mol. The Morgan fingerprint density at radius 3 is 2.54 bits per heavy atom. The molecule has 1 N–H and O–H groups in total. The maximum atomic E-state index is 11.4. The fraction of sp³-hybridized carbons (Fsp3) is 0.500. The number of amides is 1. The lowest BCUT2D eigenvalue weighted by Crippen LogP contribution is -2.23. The van der Waals surface area contributed by atoms with Crippen molar-refractivity contribution in [3.63, 3.8) is 0 Å². The average Bonchev–Trinajstić information content (AvgIpc) is 2.27. The highest BCUT2D eigenvalue weighted by molar-refractivity contribution is 5.95. The van der Waals surface area contributed by atoms with E-state index in [0.717, 1.165) is 5.69 Å². The van der Waals surface area contributed by atoms with Crippen molar-refractivity contribution >= 4 is 5.91 Å². The highest BCUT2D eigenvalue weighted by atomic mass is 16.6. The second-order valence-electron chi connectivity index (χ2n) is 2.80. The fourth-order valence-electron chi connectivity index (χ4n) is 1.25. The van der Waals surface area contributed by atoms with Crippen LogP contribution in [0, 0.1) is 13.8 Å². The zero-order valence-corrected chi connectivity index (χ0v) is 8.21. The van der Waals surface area contributed by atoms with Crippen LogP contribution in [-0.2, 0) is 11.9 Å². The third kappa shape index (κ3) is 1.70. The Bertz CT molecular complexity index is 330. The number of carbonyl (C=O) groups excluding carboxylic acids is 1. The zero-order chi connectivity index (χ0) is 10.0. The van der Waals surface area contributed by atoms with Gasteiger partial charge in [0.05, 0.1) is 18.4 Å². The number of carbonyl (C=O) groups is 1. The summed E-state index contributed by atoms with van der Waals surface area (Å²) in [5.74, 6) is -0.259. The van der Waals surface area contributed by atoms with Crippen LogP contribution in [0.15, 0.2) is 0 Å². The summed E-state index contributed by atoms with van der Waals surface area (Å²) in [5, 5.41) is 4.11. The van der Waals surface area contributed by atoms with Gasteiger partial charge in [-0.2, -0.15) is 5.10 Å².